The van der Waals surface area contributed by atoms with Gasteiger partial charge in [-0.2, -0.15) is 4.37 Å². The van der Waals surface area contributed by atoms with Crippen molar-refractivity contribution in [1.29, 1.82) is 0 Å². The number of carboxylic acids is 1. The van der Waals surface area contributed by atoms with Crippen molar-refractivity contribution in [2.45, 2.75) is 0 Å². The molecule has 0 saturated heterocycles. The van der Waals surface area contributed by atoms with Crippen molar-refractivity contribution in [2.75, 3.05) is 7.11 Å². The lowest BCUT2D eigenvalue weighted by Crippen LogP contribution is -1.95. The molecule has 2 aromatic rings. The van der Waals surface area contributed by atoms with Crippen LogP contribution in [0.3, 0.4) is 0 Å². The average Bonchev–Trinajstić information content (AvgIpc) is 2.85. The van der Waals surface area contributed by atoms with Gasteiger partial charge in [0.2, 0.25) is 5.88 Å². The highest BCUT2D eigenvalue weighted by Gasteiger charge is 2.15. The van der Waals surface area contributed by atoms with Gasteiger partial charge in [0.15, 0.2) is 5.69 Å². The van der Waals surface area contributed by atoms with Gasteiger partial charge >= 0.3 is 5.97 Å². The second-order valence-electron chi connectivity index (χ2n) is 2.58. The van der Waals surface area contributed by atoms with Crippen LogP contribution in [-0.2, 0) is 0 Å². The number of aromatic nitrogens is 2. The predicted molar refractivity (Wildman–Crippen MR) is 56.7 cm³/mol. The van der Waals surface area contributed by atoms with E-state index in [1.165, 1.54) is 35.4 Å². The number of hydrogen-bond acceptors (Lipinski definition) is 6. The minimum Gasteiger partial charge on any atom is -0.480 e. The Balaban J connectivity index is 2.41. The fourth-order valence-corrected chi connectivity index (χ4v) is 2.53. The monoisotopic (exact) mass is 242 g/mol. The molecule has 0 fully saturated rings. The zero-order valence-corrected chi connectivity index (χ0v) is 9.26. The van der Waals surface area contributed by atoms with Crippen LogP contribution in [0, 0.1) is 0 Å². The zero-order valence-electron chi connectivity index (χ0n) is 7.63. The third-order valence-corrected chi connectivity index (χ3v) is 3.17. The van der Waals surface area contributed by atoms with E-state index < -0.39 is 5.97 Å². The molecule has 1 N–H and O–H groups in total. The lowest BCUT2D eigenvalue weighted by Gasteiger charge is -1.95. The van der Waals surface area contributed by atoms with Crippen LogP contribution in [-0.4, -0.2) is 27.5 Å². The summed E-state index contributed by atoms with van der Waals surface area (Å²) in [5, 5.41) is 12.6. The molecule has 7 heteroatoms. The Morgan fingerprint density at radius 2 is 2.33 bits per heavy atom. The highest BCUT2D eigenvalue weighted by Crippen LogP contribution is 2.32. The molecule has 2 aromatic heterocycles. The van der Waals surface area contributed by atoms with E-state index in [1.807, 2.05) is 0 Å². The summed E-state index contributed by atoms with van der Waals surface area (Å²) in [5.74, 6) is -0.550. The fraction of sp³-hybridized carbons (Fsp3) is 0.125. The van der Waals surface area contributed by atoms with E-state index >= 15 is 0 Å². The Morgan fingerprint density at radius 1 is 1.53 bits per heavy atom. The number of rotatable bonds is 3. The molecule has 0 spiro atoms. The normalized spacial score (nSPS) is 10.2. The van der Waals surface area contributed by atoms with Crippen molar-refractivity contribution in [3.05, 3.63) is 16.5 Å². The first-order valence-electron chi connectivity index (χ1n) is 3.90. The summed E-state index contributed by atoms with van der Waals surface area (Å²) < 4.78 is 9.03. The summed E-state index contributed by atoms with van der Waals surface area (Å²) >= 11 is 2.51. The van der Waals surface area contributed by atoms with Crippen LogP contribution in [0.5, 0.6) is 5.88 Å². The topological polar surface area (TPSA) is 72.3 Å². The van der Waals surface area contributed by atoms with Gasteiger partial charge < -0.3 is 9.84 Å². The van der Waals surface area contributed by atoms with E-state index in [2.05, 4.69) is 9.36 Å². The van der Waals surface area contributed by atoms with Gasteiger partial charge in [0.25, 0.3) is 0 Å². The minimum atomic E-state index is -1.03. The summed E-state index contributed by atoms with van der Waals surface area (Å²) in [6, 6.07) is 0. The van der Waals surface area contributed by atoms with Crippen molar-refractivity contribution in [2.24, 2.45) is 0 Å². The number of ether oxygens (including phenoxy) is 1. The molecule has 0 unspecified atom stereocenters. The lowest BCUT2D eigenvalue weighted by molar-refractivity contribution is 0.0691. The molecular formula is C8H6N2O3S2. The SMILES string of the molecule is COc1nscc1-c1nc(C(=O)O)cs1. The highest BCUT2D eigenvalue weighted by atomic mass is 32.1. The molecule has 0 aliphatic heterocycles. The van der Waals surface area contributed by atoms with E-state index in [0.29, 0.717) is 10.9 Å². The molecule has 0 radical (unpaired) electrons. The Bertz CT molecular complexity index is 492. The van der Waals surface area contributed by atoms with Crippen LogP contribution in [0.2, 0.25) is 0 Å². The van der Waals surface area contributed by atoms with Crippen LogP contribution in [0.1, 0.15) is 10.5 Å². The van der Waals surface area contributed by atoms with E-state index in [0.717, 1.165) is 5.56 Å². The molecule has 5 nitrogen and oxygen atoms in total. The molecule has 0 aliphatic carbocycles. The number of nitrogens with zero attached hydrogens (tertiary/aromatic N) is 2. The molecule has 2 heterocycles. The molecule has 0 aromatic carbocycles. The molecule has 0 amide bonds. The Labute approximate surface area is 93.1 Å². The number of aromatic carboxylic acids is 1. The van der Waals surface area contributed by atoms with Gasteiger partial charge in [-0.1, -0.05) is 0 Å². The summed E-state index contributed by atoms with van der Waals surface area (Å²) in [7, 11) is 1.52. The van der Waals surface area contributed by atoms with Crippen LogP contribution >= 0.6 is 22.9 Å². The highest BCUT2D eigenvalue weighted by molar-refractivity contribution is 7.13. The van der Waals surface area contributed by atoms with Crippen LogP contribution in [0.25, 0.3) is 10.6 Å². The van der Waals surface area contributed by atoms with Crippen molar-refractivity contribution in [3.63, 3.8) is 0 Å². The van der Waals surface area contributed by atoms with Crippen LogP contribution in [0.4, 0.5) is 0 Å². The van der Waals surface area contributed by atoms with Gasteiger partial charge in [0.1, 0.15) is 5.01 Å². The lowest BCUT2D eigenvalue weighted by atomic mass is 10.4. The zero-order chi connectivity index (χ0) is 10.8. The van der Waals surface area contributed by atoms with E-state index in [4.69, 9.17) is 9.84 Å². The van der Waals surface area contributed by atoms with Crippen LogP contribution < -0.4 is 4.74 Å². The van der Waals surface area contributed by atoms with E-state index in [1.54, 1.807) is 5.38 Å². The quantitative estimate of drug-likeness (QED) is 0.890. The largest absolute Gasteiger partial charge is 0.480 e. The molecule has 15 heavy (non-hydrogen) atoms. The summed E-state index contributed by atoms with van der Waals surface area (Å²) in [6.07, 6.45) is 0. The van der Waals surface area contributed by atoms with E-state index in [-0.39, 0.29) is 5.69 Å². The molecule has 0 saturated carbocycles. The van der Waals surface area contributed by atoms with Gasteiger partial charge in [-0.15, -0.1) is 11.3 Å². The average molecular weight is 242 g/mol. The van der Waals surface area contributed by atoms with Gasteiger partial charge in [-0.05, 0) is 11.5 Å². The minimum absolute atomic E-state index is 0.0447. The van der Waals surface area contributed by atoms with Crippen LogP contribution in [0.15, 0.2) is 10.8 Å². The van der Waals surface area contributed by atoms with Crippen molar-refractivity contribution >= 4 is 28.8 Å². The van der Waals surface area contributed by atoms with Gasteiger partial charge in [0.05, 0.1) is 12.7 Å². The summed E-state index contributed by atoms with van der Waals surface area (Å²) in [4.78, 5) is 14.6. The van der Waals surface area contributed by atoms with Gasteiger partial charge in [-0.3, -0.25) is 0 Å². The predicted octanol–water partition coefficient (Wildman–Crippen LogP) is 1.97. The first kappa shape index (κ1) is 10.1. The second kappa shape index (κ2) is 3.95. The fourth-order valence-electron chi connectivity index (χ4n) is 1.01. The third-order valence-electron chi connectivity index (χ3n) is 1.68. The molecular weight excluding hydrogens is 236 g/mol. The maximum absolute atomic E-state index is 10.6. The molecule has 2 rings (SSSR count). The second-order valence-corrected chi connectivity index (χ2v) is 4.07. The molecule has 78 valence electrons. The Morgan fingerprint density at radius 3 is 2.93 bits per heavy atom. The maximum atomic E-state index is 10.6. The van der Waals surface area contributed by atoms with E-state index in [9.17, 15) is 4.79 Å². The number of carbonyl (C=O) groups is 1. The van der Waals surface area contributed by atoms with Gasteiger partial charge in [-0.25, -0.2) is 9.78 Å². The van der Waals surface area contributed by atoms with Crippen molar-refractivity contribution < 1.29 is 14.6 Å². The standard InChI is InChI=1S/C8H6N2O3S2/c1-13-6-4(2-15-10-6)7-9-5(3-14-7)8(11)12/h2-3H,1H3,(H,11,12). The Hall–Kier alpha value is -1.47. The first-order chi connectivity index (χ1) is 7.22. The Kier molecular flexibility index (Phi) is 2.65. The smallest absolute Gasteiger partial charge is 0.355 e. The summed E-state index contributed by atoms with van der Waals surface area (Å²) in [6.45, 7) is 0. The number of thiazole rings is 1. The first-order valence-corrected chi connectivity index (χ1v) is 5.61. The van der Waals surface area contributed by atoms with Crippen molar-refractivity contribution in [3.8, 4) is 16.5 Å². The summed E-state index contributed by atoms with van der Waals surface area (Å²) in [5.41, 5.74) is 0.781. The van der Waals surface area contributed by atoms with Crippen molar-refractivity contribution in [1.82, 2.24) is 9.36 Å². The molecule has 0 aliphatic rings. The maximum Gasteiger partial charge on any atom is 0.355 e. The number of carboxylic acid groups (broad SMARTS) is 1. The third kappa shape index (κ3) is 1.83. The number of hydrogen-bond donors (Lipinski definition) is 1. The molecule has 0 bridgehead atoms. The molecule has 0 atom stereocenters. The van der Waals surface area contributed by atoms with Gasteiger partial charge in [0, 0.05) is 10.8 Å². The number of methoxy groups -OCH3 is 1.